The van der Waals surface area contributed by atoms with Gasteiger partial charge in [0.25, 0.3) is 0 Å². The fraction of sp³-hybridized carbons (Fsp3) is 0.600. The largest absolute Gasteiger partial charge is 0.493 e. The molecule has 0 radical (unpaired) electrons. The van der Waals surface area contributed by atoms with Crippen LogP contribution in [-0.4, -0.2) is 51.1 Å². The summed E-state index contributed by atoms with van der Waals surface area (Å²) in [5.74, 6) is 1.61. The second kappa shape index (κ2) is 7.20. The van der Waals surface area contributed by atoms with E-state index in [-0.39, 0.29) is 0 Å². The van der Waals surface area contributed by atoms with Crippen LogP contribution in [0.25, 0.3) is 0 Å². The molecule has 1 atom stereocenters. The lowest BCUT2D eigenvalue weighted by Gasteiger charge is -2.32. The van der Waals surface area contributed by atoms with Crippen LogP contribution < -0.4 is 14.8 Å². The minimum atomic E-state index is 0.557. The van der Waals surface area contributed by atoms with Gasteiger partial charge in [-0.15, -0.1) is 11.8 Å². The van der Waals surface area contributed by atoms with Gasteiger partial charge in [-0.1, -0.05) is 0 Å². The average molecular weight is 296 g/mol. The summed E-state index contributed by atoms with van der Waals surface area (Å²) >= 11 is 1.76. The van der Waals surface area contributed by atoms with Gasteiger partial charge in [0.1, 0.15) is 0 Å². The molecule has 0 unspecified atom stereocenters. The Kier molecular flexibility index (Phi) is 5.57. The number of nitrogens with zero attached hydrogens (tertiary/aromatic N) is 1. The van der Waals surface area contributed by atoms with Crippen molar-refractivity contribution in [3.63, 3.8) is 0 Å². The van der Waals surface area contributed by atoms with Crippen molar-refractivity contribution in [2.24, 2.45) is 0 Å². The van der Waals surface area contributed by atoms with E-state index in [9.17, 15) is 0 Å². The van der Waals surface area contributed by atoms with Gasteiger partial charge in [0.05, 0.1) is 14.2 Å². The average Bonchev–Trinajstić information content (AvgIpc) is 2.46. The van der Waals surface area contributed by atoms with Gasteiger partial charge in [0.15, 0.2) is 11.5 Å². The Balaban J connectivity index is 2.21. The molecular formula is C15H24N2O2S. The Bertz CT molecular complexity index is 454. The Morgan fingerprint density at radius 2 is 2.00 bits per heavy atom. The summed E-state index contributed by atoms with van der Waals surface area (Å²) < 4.78 is 10.8. The number of hydrogen-bond acceptors (Lipinski definition) is 5. The molecule has 1 aliphatic rings. The summed E-state index contributed by atoms with van der Waals surface area (Å²) in [7, 11) is 3.37. The molecule has 0 aromatic heterocycles. The maximum absolute atomic E-state index is 5.42. The number of thioether (sulfide) groups is 1. The summed E-state index contributed by atoms with van der Waals surface area (Å²) in [4.78, 5) is 3.75. The highest BCUT2D eigenvalue weighted by atomic mass is 32.2. The maximum Gasteiger partial charge on any atom is 0.161 e. The van der Waals surface area contributed by atoms with Crippen LogP contribution in [0.1, 0.15) is 12.5 Å². The van der Waals surface area contributed by atoms with E-state index in [2.05, 4.69) is 35.5 Å². The van der Waals surface area contributed by atoms with E-state index in [1.165, 1.54) is 10.5 Å². The summed E-state index contributed by atoms with van der Waals surface area (Å²) in [5.41, 5.74) is 1.31. The topological polar surface area (TPSA) is 33.7 Å². The first-order valence-corrected chi connectivity index (χ1v) is 8.15. The molecule has 1 saturated heterocycles. The molecule has 20 heavy (non-hydrogen) atoms. The zero-order valence-electron chi connectivity index (χ0n) is 12.7. The van der Waals surface area contributed by atoms with Crippen molar-refractivity contribution in [1.82, 2.24) is 10.2 Å². The van der Waals surface area contributed by atoms with Gasteiger partial charge >= 0.3 is 0 Å². The molecule has 1 heterocycles. The van der Waals surface area contributed by atoms with E-state index in [4.69, 9.17) is 9.47 Å². The third-order valence-electron chi connectivity index (χ3n) is 3.63. The fourth-order valence-corrected chi connectivity index (χ4v) is 3.22. The van der Waals surface area contributed by atoms with Gasteiger partial charge < -0.3 is 14.8 Å². The van der Waals surface area contributed by atoms with Gasteiger partial charge in [0, 0.05) is 37.1 Å². The fourth-order valence-electron chi connectivity index (χ4n) is 2.61. The van der Waals surface area contributed by atoms with Crippen LogP contribution in [0.3, 0.4) is 0 Å². The molecule has 1 aromatic rings. The smallest absolute Gasteiger partial charge is 0.161 e. The predicted octanol–water partition coefficient (Wildman–Crippen LogP) is 2.22. The number of methoxy groups -OCH3 is 2. The monoisotopic (exact) mass is 296 g/mol. The van der Waals surface area contributed by atoms with Crippen molar-refractivity contribution in [1.29, 1.82) is 0 Å². The molecule has 0 saturated carbocycles. The Morgan fingerprint density at radius 1 is 1.30 bits per heavy atom. The molecule has 1 N–H and O–H groups in total. The lowest BCUT2D eigenvalue weighted by atomic mass is 10.1. The van der Waals surface area contributed by atoms with Gasteiger partial charge in [-0.05, 0) is 30.9 Å². The molecule has 1 aromatic carbocycles. The first-order chi connectivity index (χ1) is 9.67. The van der Waals surface area contributed by atoms with E-state index in [1.54, 1.807) is 26.0 Å². The van der Waals surface area contributed by atoms with E-state index in [0.29, 0.717) is 6.04 Å². The molecule has 5 heteroatoms. The number of rotatable bonds is 5. The lowest BCUT2D eigenvalue weighted by molar-refractivity contribution is 0.198. The molecule has 1 aliphatic heterocycles. The third-order valence-corrected chi connectivity index (χ3v) is 4.45. The first-order valence-electron chi connectivity index (χ1n) is 6.92. The zero-order chi connectivity index (χ0) is 14.5. The number of piperazine rings is 1. The SMILES string of the molecule is COc1cc(CN2CCN[C@@H](C)C2)c(SC)cc1OC. The van der Waals surface area contributed by atoms with Crippen molar-refractivity contribution < 1.29 is 9.47 Å². The molecular weight excluding hydrogens is 272 g/mol. The minimum Gasteiger partial charge on any atom is -0.493 e. The standard InChI is InChI=1S/C15H24N2O2S/c1-11-9-17(6-5-16-11)10-12-7-13(18-2)14(19-3)8-15(12)20-4/h7-8,11,16H,5-6,9-10H2,1-4H3/t11-/m0/s1. The molecule has 0 aliphatic carbocycles. The lowest BCUT2D eigenvalue weighted by Crippen LogP contribution is -2.48. The van der Waals surface area contributed by atoms with Crippen LogP contribution in [0.2, 0.25) is 0 Å². The molecule has 0 amide bonds. The highest BCUT2D eigenvalue weighted by Gasteiger charge is 2.18. The second-order valence-electron chi connectivity index (χ2n) is 5.11. The minimum absolute atomic E-state index is 0.557. The molecule has 0 spiro atoms. The van der Waals surface area contributed by atoms with E-state index in [0.717, 1.165) is 37.7 Å². The molecule has 112 valence electrons. The van der Waals surface area contributed by atoms with Crippen LogP contribution in [0.4, 0.5) is 0 Å². The molecule has 1 fully saturated rings. The van der Waals surface area contributed by atoms with Crippen molar-refractivity contribution in [3.8, 4) is 11.5 Å². The van der Waals surface area contributed by atoms with Crippen LogP contribution in [0.15, 0.2) is 17.0 Å². The van der Waals surface area contributed by atoms with Gasteiger partial charge in [-0.3, -0.25) is 4.90 Å². The van der Waals surface area contributed by atoms with E-state index >= 15 is 0 Å². The Hall–Kier alpha value is -0.910. The summed E-state index contributed by atoms with van der Waals surface area (Å²) in [5, 5.41) is 3.48. The molecule has 2 rings (SSSR count). The van der Waals surface area contributed by atoms with Crippen LogP contribution in [0, 0.1) is 0 Å². The highest BCUT2D eigenvalue weighted by Crippen LogP contribution is 2.35. The quantitative estimate of drug-likeness (QED) is 0.843. The van der Waals surface area contributed by atoms with Crippen LogP contribution in [0.5, 0.6) is 11.5 Å². The summed E-state index contributed by atoms with van der Waals surface area (Å²) in [6, 6.07) is 4.74. The molecule has 0 bridgehead atoms. The van der Waals surface area contributed by atoms with Crippen molar-refractivity contribution in [2.45, 2.75) is 24.4 Å². The van der Waals surface area contributed by atoms with Gasteiger partial charge in [0.2, 0.25) is 0 Å². The molecule has 4 nitrogen and oxygen atoms in total. The van der Waals surface area contributed by atoms with Crippen molar-refractivity contribution >= 4 is 11.8 Å². The van der Waals surface area contributed by atoms with Gasteiger partial charge in [-0.2, -0.15) is 0 Å². The van der Waals surface area contributed by atoms with Crippen LogP contribution >= 0.6 is 11.8 Å². The third kappa shape index (κ3) is 3.59. The number of hydrogen-bond donors (Lipinski definition) is 1. The zero-order valence-corrected chi connectivity index (χ0v) is 13.5. The highest BCUT2D eigenvalue weighted by molar-refractivity contribution is 7.98. The number of nitrogens with one attached hydrogen (secondary N) is 1. The predicted molar refractivity (Wildman–Crippen MR) is 84.1 cm³/mol. The van der Waals surface area contributed by atoms with E-state index < -0.39 is 0 Å². The summed E-state index contributed by atoms with van der Waals surface area (Å²) in [6.45, 7) is 6.43. The van der Waals surface area contributed by atoms with E-state index in [1.807, 2.05) is 0 Å². The summed E-state index contributed by atoms with van der Waals surface area (Å²) in [6.07, 6.45) is 2.10. The Morgan fingerprint density at radius 3 is 2.60 bits per heavy atom. The normalized spacial score (nSPS) is 19.9. The number of benzene rings is 1. The van der Waals surface area contributed by atoms with Gasteiger partial charge in [-0.25, -0.2) is 0 Å². The van der Waals surface area contributed by atoms with Crippen molar-refractivity contribution in [3.05, 3.63) is 17.7 Å². The second-order valence-corrected chi connectivity index (χ2v) is 5.96. The maximum atomic E-state index is 5.42. The van der Waals surface area contributed by atoms with Crippen LogP contribution in [-0.2, 0) is 6.54 Å². The Labute approximate surface area is 125 Å². The van der Waals surface area contributed by atoms with Crippen molar-refractivity contribution in [2.75, 3.05) is 40.1 Å². The first kappa shape index (κ1) is 15.5. The number of ether oxygens (including phenoxy) is 2.